The van der Waals surface area contributed by atoms with E-state index in [2.05, 4.69) is 10.3 Å². The van der Waals surface area contributed by atoms with Gasteiger partial charge in [0.15, 0.2) is 17.1 Å². The maximum Gasteiger partial charge on any atom is 0.419 e. The lowest BCUT2D eigenvalue weighted by Crippen LogP contribution is -2.72. The maximum absolute atomic E-state index is 13.4. The second-order valence-corrected chi connectivity index (χ2v) is 11.9. The number of pyridine rings is 1. The molecular weight excluding hydrogens is 563 g/mol. The van der Waals surface area contributed by atoms with E-state index in [1.54, 1.807) is 19.9 Å². The van der Waals surface area contributed by atoms with E-state index in [1.807, 2.05) is 17.9 Å². The first-order valence-electron chi connectivity index (χ1n) is 13.8. The summed E-state index contributed by atoms with van der Waals surface area (Å²) in [5.74, 6) is 0.573. The van der Waals surface area contributed by atoms with Crippen molar-refractivity contribution in [2.45, 2.75) is 76.9 Å². The molecule has 1 amide bonds. The summed E-state index contributed by atoms with van der Waals surface area (Å²) in [6.07, 6.45) is -1.57. The molecule has 1 atom stereocenters. The molecule has 2 N–H and O–H groups in total. The zero-order chi connectivity index (χ0) is 29.7. The normalized spacial score (nSPS) is 24.0. The number of hydrogen-bond acceptors (Lipinski definition) is 6. The predicted molar refractivity (Wildman–Crippen MR) is 147 cm³/mol. The van der Waals surface area contributed by atoms with E-state index in [0.29, 0.717) is 34.8 Å². The molecule has 1 saturated carbocycles. The zero-order valence-corrected chi connectivity index (χ0v) is 24.3. The number of carbonyl (C=O) groups excluding carboxylic acids is 1. The number of hydrogen-bond donors (Lipinski definition) is 2. The van der Waals surface area contributed by atoms with Crippen molar-refractivity contribution in [1.82, 2.24) is 15.2 Å². The van der Waals surface area contributed by atoms with Gasteiger partial charge in [-0.25, -0.2) is 0 Å². The Morgan fingerprint density at radius 3 is 2.46 bits per heavy atom. The Morgan fingerprint density at radius 1 is 1.17 bits per heavy atom. The SMILES string of the molecule is COC1(C(F)(F)F)CN(C2CCC(C3COc4c(Cl)cc(C(=O)NCc5c(C)cc(C)[nH]c5=O)c(C)c4O3)CC2)C1. The first-order valence-corrected chi connectivity index (χ1v) is 14.2. The lowest BCUT2D eigenvalue weighted by molar-refractivity contribution is -0.315. The number of fused-ring (bicyclic) bond motifs is 1. The lowest BCUT2D eigenvalue weighted by Gasteiger charge is -2.53. The average molecular weight is 598 g/mol. The van der Waals surface area contributed by atoms with Crippen LogP contribution in [0.15, 0.2) is 16.9 Å². The third-order valence-corrected chi connectivity index (χ3v) is 9.15. The monoisotopic (exact) mass is 597 g/mol. The number of amides is 1. The van der Waals surface area contributed by atoms with Crippen LogP contribution in [-0.2, 0) is 11.3 Å². The van der Waals surface area contributed by atoms with Gasteiger partial charge in [0.25, 0.3) is 11.5 Å². The Hall–Kier alpha value is -2.76. The van der Waals surface area contributed by atoms with Crippen molar-refractivity contribution in [2.24, 2.45) is 5.92 Å². The fraction of sp³-hybridized carbons (Fsp3) is 0.586. The molecule has 1 aromatic heterocycles. The quantitative estimate of drug-likeness (QED) is 0.495. The number of aromatic nitrogens is 1. The molecule has 0 spiro atoms. The average Bonchev–Trinajstić information content (AvgIpc) is 2.89. The maximum atomic E-state index is 13.4. The smallest absolute Gasteiger partial charge is 0.419 e. The Labute approximate surface area is 241 Å². The van der Waals surface area contributed by atoms with Gasteiger partial charge in [0.05, 0.1) is 5.02 Å². The van der Waals surface area contributed by atoms with Crippen LogP contribution in [0.25, 0.3) is 0 Å². The summed E-state index contributed by atoms with van der Waals surface area (Å²) >= 11 is 6.49. The van der Waals surface area contributed by atoms with Gasteiger partial charge in [-0.2, -0.15) is 13.2 Å². The van der Waals surface area contributed by atoms with Crippen molar-refractivity contribution in [3.8, 4) is 11.5 Å². The Kier molecular flexibility index (Phi) is 8.08. The molecule has 2 aromatic rings. The van der Waals surface area contributed by atoms with Gasteiger partial charge in [-0.1, -0.05) is 11.6 Å². The molecule has 2 aliphatic heterocycles. The Bertz CT molecular complexity index is 1380. The van der Waals surface area contributed by atoms with Gasteiger partial charge < -0.3 is 24.5 Å². The zero-order valence-electron chi connectivity index (χ0n) is 23.5. The van der Waals surface area contributed by atoms with E-state index in [0.717, 1.165) is 44.1 Å². The molecule has 41 heavy (non-hydrogen) atoms. The molecule has 0 bridgehead atoms. The highest BCUT2D eigenvalue weighted by Gasteiger charge is 2.63. The van der Waals surface area contributed by atoms with E-state index in [9.17, 15) is 22.8 Å². The number of likely N-dealkylation sites (tertiary alicyclic amines) is 1. The second kappa shape index (κ2) is 11.1. The van der Waals surface area contributed by atoms with E-state index >= 15 is 0 Å². The first kappa shape index (κ1) is 29.7. The van der Waals surface area contributed by atoms with Crippen molar-refractivity contribution in [2.75, 3.05) is 26.8 Å². The number of benzene rings is 1. The van der Waals surface area contributed by atoms with Crippen molar-refractivity contribution < 1.29 is 32.2 Å². The van der Waals surface area contributed by atoms with Gasteiger partial charge >= 0.3 is 6.18 Å². The minimum Gasteiger partial charge on any atom is -0.484 e. The number of aryl methyl sites for hydroxylation is 2. The van der Waals surface area contributed by atoms with Crippen LogP contribution in [0, 0.1) is 26.7 Å². The molecule has 2 fully saturated rings. The number of methoxy groups -OCH3 is 1. The fourth-order valence-electron chi connectivity index (χ4n) is 6.29. The summed E-state index contributed by atoms with van der Waals surface area (Å²) in [7, 11) is 1.12. The van der Waals surface area contributed by atoms with Gasteiger partial charge in [0, 0.05) is 55.2 Å². The van der Waals surface area contributed by atoms with Crippen molar-refractivity contribution in [3.05, 3.63) is 55.5 Å². The molecule has 224 valence electrons. The minimum absolute atomic E-state index is 0.0587. The number of nitrogens with one attached hydrogen (secondary N) is 2. The number of nitrogens with zero attached hydrogens (tertiary/aromatic N) is 1. The van der Waals surface area contributed by atoms with Crippen molar-refractivity contribution >= 4 is 17.5 Å². The molecular formula is C29H35ClF3N3O5. The van der Waals surface area contributed by atoms with E-state index in [1.165, 1.54) is 0 Å². The summed E-state index contributed by atoms with van der Waals surface area (Å²) in [5.41, 5.74) is 0.605. The van der Waals surface area contributed by atoms with Crippen LogP contribution >= 0.6 is 11.6 Å². The minimum atomic E-state index is -4.39. The van der Waals surface area contributed by atoms with Crippen LogP contribution in [-0.4, -0.2) is 66.5 Å². The first-order chi connectivity index (χ1) is 19.3. The number of H-pyrrole nitrogens is 1. The van der Waals surface area contributed by atoms with Crippen LogP contribution in [0.3, 0.4) is 0 Å². The molecule has 1 unspecified atom stereocenters. The largest absolute Gasteiger partial charge is 0.484 e. The van der Waals surface area contributed by atoms with Crippen molar-refractivity contribution in [1.29, 1.82) is 0 Å². The highest BCUT2D eigenvalue weighted by atomic mass is 35.5. The third kappa shape index (κ3) is 5.56. The van der Waals surface area contributed by atoms with E-state index in [-0.39, 0.29) is 48.3 Å². The molecule has 1 saturated heterocycles. The molecule has 1 aliphatic carbocycles. The Morgan fingerprint density at radius 2 is 1.85 bits per heavy atom. The summed E-state index contributed by atoms with van der Waals surface area (Å²) < 4.78 is 57.4. The van der Waals surface area contributed by atoms with E-state index in [4.69, 9.17) is 25.8 Å². The Balaban J connectivity index is 1.22. The molecule has 3 aliphatic rings. The highest BCUT2D eigenvalue weighted by molar-refractivity contribution is 6.32. The van der Waals surface area contributed by atoms with E-state index < -0.39 is 17.7 Å². The fourth-order valence-corrected chi connectivity index (χ4v) is 6.54. The van der Waals surface area contributed by atoms with Crippen LogP contribution in [0.2, 0.25) is 5.02 Å². The number of aromatic amines is 1. The summed E-state index contributed by atoms with van der Waals surface area (Å²) in [6.45, 7) is 5.46. The van der Waals surface area contributed by atoms with Crippen LogP contribution < -0.4 is 20.3 Å². The number of halogens is 4. The summed E-state index contributed by atoms with van der Waals surface area (Å²) in [6, 6.07) is 3.46. The molecule has 8 nitrogen and oxygen atoms in total. The van der Waals surface area contributed by atoms with Crippen LogP contribution in [0.1, 0.15) is 58.4 Å². The number of ether oxygens (including phenoxy) is 3. The van der Waals surface area contributed by atoms with Gasteiger partial charge in [0.2, 0.25) is 0 Å². The van der Waals surface area contributed by atoms with Gasteiger partial charge in [-0.15, -0.1) is 0 Å². The number of carbonyl (C=O) groups is 1. The highest BCUT2D eigenvalue weighted by Crippen LogP contribution is 2.46. The van der Waals surface area contributed by atoms with Crippen molar-refractivity contribution in [3.63, 3.8) is 0 Å². The number of alkyl halides is 3. The van der Waals surface area contributed by atoms with Gasteiger partial charge in [-0.3, -0.25) is 14.5 Å². The molecule has 12 heteroatoms. The van der Waals surface area contributed by atoms with Crippen LogP contribution in [0.5, 0.6) is 11.5 Å². The standard InChI is InChI=1S/C29H35ClF3N3O5/c1-15-9-16(2)35-27(38)21(15)11-34-26(37)20-10-22(30)25-24(17(20)3)41-23(12-40-25)18-5-7-19(8-6-18)36-13-28(14-36,39-4)29(31,32)33/h9-10,18-19,23H,5-8,11-14H2,1-4H3,(H,34,37)(H,35,38). The van der Waals surface area contributed by atoms with Crippen LogP contribution in [0.4, 0.5) is 13.2 Å². The topological polar surface area (TPSA) is 92.9 Å². The molecule has 1 aromatic carbocycles. The van der Waals surface area contributed by atoms with Gasteiger partial charge in [-0.05, 0) is 70.1 Å². The molecule has 0 radical (unpaired) electrons. The number of rotatable bonds is 6. The molecule has 3 heterocycles. The van der Waals surface area contributed by atoms with Gasteiger partial charge in [0.1, 0.15) is 12.7 Å². The predicted octanol–water partition coefficient (Wildman–Crippen LogP) is 4.85. The summed E-state index contributed by atoms with van der Waals surface area (Å²) in [4.78, 5) is 30.1. The summed E-state index contributed by atoms with van der Waals surface area (Å²) in [5, 5.41) is 3.07. The lowest BCUT2D eigenvalue weighted by atomic mass is 9.79. The second-order valence-electron chi connectivity index (χ2n) is 11.5. The molecule has 5 rings (SSSR count). The third-order valence-electron chi connectivity index (χ3n) is 8.87.